The summed E-state index contributed by atoms with van der Waals surface area (Å²) in [4.78, 5) is 12.5. The lowest BCUT2D eigenvalue weighted by molar-refractivity contribution is -0.272. The van der Waals surface area contributed by atoms with Crippen LogP contribution in [0.15, 0.2) is 36.4 Å². The molecule has 2 N–H and O–H groups in total. The second kappa shape index (κ2) is 6.69. The van der Waals surface area contributed by atoms with Crippen LogP contribution in [0.2, 0.25) is 0 Å². The molecule has 2 aromatic rings. The van der Waals surface area contributed by atoms with E-state index in [0.717, 1.165) is 16.3 Å². The summed E-state index contributed by atoms with van der Waals surface area (Å²) in [7, 11) is 0. The van der Waals surface area contributed by atoms with Crippen molar-refractivity contribution in [1.82, 2.24) is 5.32 Å². The number of nitrogens with one attached hydrogen (secondary N) is 1. The van der Waals surface area contributed by atoms with Crippen molar-refractivity contribution in [2.75, 3.05) is 13.2 Å². The summed E-state index contributed by atoms with van der Waals surface area (Å²) in [6, 6.07) is 11.0. The molecular formula is C21H27NO5. The molecule has 1 aliphatic rings. The topological polar surface area (TPSA) is 77.0 Å². The molecule has 27 heavy (non-hydrogen) atoms. The molecule has 146 valence electrons. The van der Waals surface area contributed by atoms with Gasteiger partial charge in [0.15, 0.2) is 5.79 Å². The van der Waals surface area contributed by atoms with E-state index >= 15 is 0 Å². The molecule has 0 radical (unpaired) electrons. The Balaban J connectivity index is 1.97. The minimum atomic E-state index is -0.871. The summed E-state index contributed by atoms with van der Waals surface area (Å²) in [5, 5.41) is 14.5. The Hall–Kier alpha value is -2.31. The van der Waals surface area contributed by atoms with Crippen molar-refractivity contribution >= 4 is 16.9 Å². The predicted octanol–water partition coefficient (Wildman–Crippen LogP) is 4.05. The molecule has 1 amide bonds. The van der Waals surface area contributed by atoms with E-state index in [9.17, 15) is 9.90 Å². The Labute approximate surface area is 159 Å². The van der Waals surface area contributed by atoms with Gasteiger partial charge in [-0.15, -0.1) is 0 Å². The number of carbonyl (C=O) groups excluding carboxylic acids is 1. The fourth-order valence-electron chi connectivity index (χ4n) is 3.02. The summed E-state index contributed by atoms with van der Waals surface area (Å²) in [5.74, 6) is -0.509. The first-order chi connectivity index (χ1) is 12.5. The molecule has 0 aliphatic carbocycles. The third-order valence-electron chi connectivity index (χ3n) is 4.45. The highest BCUT2D eigenvalue weighted by atomic mass is 16.7. The van der Waals surface area contributed by atoms with E-state index in [4.69, 9.17) is 14.2 Å². The van der Waals surface area contributed by atoms with Crippen molar-refractivity contribution in [3.8, 4) is 5.75 Å². The van der Waals surface area contributed by atoms with Crippen LogP contribution < -0.4 is 5.32 Å². The molecule has 3 rings (SSSR count). The van der Waals surface area contributed by atoms with Gasteiger partial charge in [-0.1, -0.05) is 18.2 Å². The Morgan fingerprint density at radius 3 is 2.30 bits per heavy atom. The monoisotopic (exact) mass is 373 g/mol. The number of ether oxygens (including phenoxy) is 3. The van der Waals surface area contributed by atoms with Crippen LogP contribution >= 0.6 is 0 Å². The highest BCUT2D eigenvalue weighted by molar-refractivity contribution is 5.85. The quantitative estimate of drug-likeness (QED) is 0.830. The van der Waals surface area contributed by atoms with Gasteiger partial charge in [0.25, 0.3) is 0 Å². The van der Waals surface area contributed by atoms with E-state index in [0.29, 0.717) is 0 Å². The molecule has 1 aliphatic heterocycles. The predicted molar refractivity (Wildman–Crippen MR) is 103 cm³/mol. The van der Waals surface area contributed by atoms with Crippen LogP contribution in [0.5, 0.6) is 5.75 Å². The Morgan fingerprint density at radius 1 is 1.07 bits per heavy atom. The van der Waals surface area contributed by atoms with Crippen LogP contribution in [0.3, 0.4) is 0 Å². The Bertz CT molecular complexity index is 843. The van der Waals surface area contributed by atoms with Gasteiger partial charge in [0.05, 0.1) is 13.2 Å². The number of hydrogen-bond donors (Lipinski definition) is 2. The summed E-state index contributed by atoms with van der Waals surface area (Å²) in [6.45, 7) is 9.64. The number of carbonyl (C=O) groups is 1. The molecule has 1 fully saturated rings. The van der Waals surface area contributed by atoms with E-state index in [2.05, 4.69) is 5.32 Å². The maximum Gasteiger partial charge on any atom is 0.408 e. The molecule has 6 heteroatoms. The minimum absolute atomic E-state index is 0.211. The number of amides is 1. The zero-order chi connectivity index (χ0) is 19.9. The molecule has 0 saturated carbocycles. The first-order valence-electron chi connectivity index (χ1n) is 9.00. The minimum Gasteiger partial charge on any atom is -0.508 e. The van der Waals surface area contributed by atoms with Crippen LogP contribution in [-0.2, 0) is 19.7 Å². The van der Waals surface area contributed by atoms with Gasteiger partial charge in [-0.2, -0.15) is 0 Å². The molecule has 2 aromatic carbocycles. The van der Waals surface area contributed by atoms with Gasteiger partial charge in [0.2, 0.25) is 0 Å². The number of aromatic hydroxyl groups is 1. The van der Waals surface area contributed by atoms with E-state index in [-0.39, 0.29) is 19.0 Å². The largest absolute Gasteiger partial charge is 0.508 e. The van der Waals surface area contributed by atoms with Crippen LogP contribution in [0.1, 0.15) is 40.2 Å². The molecule has 0 spiro atoms. The van der Waals surface area contributed by atoms with Gasteiger partial charge in [0, 0.05) is 0 Å². The third kappa shape index (κ3) is 4.51. The van der Waals surface area contributed by atoms with E-state index in [1.807, 2.05) is 58.9 Å². The van der Waals surface area contributed by atoms with Crippen molar-refractivity contribution < 1.29 is 24.1 Å². The zero-order valence-electron chi connectivity index (χ0n) is 16.5. The van der Waals surface area contributed by atoms with Crippen molar-refractivity contribution in [3.05, 3.63) is 42.0 Å². The average Bonchev–Trinajstić information content (AvgIpc) is 2.55. The Kier molecular flexibility index (Phi) is 4.82. The van der Waals surface area contributed by atoms with Gasteiger partial charge in [-0.3, -0.25) is 0 Å². The van der Waals surface area contributed by atoms with Crippen molar-refractivity contribution in [1.29, 1.82) is 0 Å². The molecule has 0 aromatic heterocycles. The number of phenols is 1. The number of alkyl carbamates (subject to hydrolysis) is 1. The molecule has 0 bridgehead atoms. The fourth-order valence-corrected chi connectivity index (χ4v) is 3.02. The lowest BCUT2D eigenvalue weighted by Crippen LogP contribution is -2.59. The smallest absolute Gasteiger partial charge is 0.408 e. The third-order valence-corrected chi connectivity index (χ3v) is 4.45. The van der Waals surface area contributed by atoms with Gasteiger partial charge < -0.3 is 24.6 Å². The van der Waals surface area contributed by atoms with E-state index < -0.39 is 23.0 Å². The number of rotatable bonds is 2. The summed E-state index contributed by atoms with van der Waals surface area (Å²) < 4.78 is 17.2. The molecular weight excluding hydrogens is 346 g/mol. The van der Waals surface area contributed by atoms with Crippen LogP contribution in [0.25, 0.3) is 10.8 Å². The maximum atomic E-state index is 12.5. The highest BCUT2D eigenvalue weighted by Gasteiger charge is 2.43. The van der Waals surface area contributed by atoms with Crippen molar-refractivity contribution in [2.24, 2.45) is 0 Å². The first kappa shape index (κ1) is 19.5. The van der Waals surface area contributed by atoms with Crippen molar-refractivity contribution in [2.45, 2.75) is 51.5 Å². The second-order valence-electron chi connectivity index (χ2n) is 8.43. The molecule has 6 nitrogen and oxygen atoms in total. The zero-order valence-corrected chi connectivity index (χ0v) is 16.5. The summed E-state index contributed by atoms with van der Waals surface area (Å²) in [6.07, 6.45) is -0.528. The molecule has 0 atom stereocenters. The lowest BCUT2D eigenvalue weighted by atomic mass is 9.88. The summed E-state index contributed by atoms with van der Waals surface area (Å²) in [5.41, 5.74) is -0.631. The normalized spacial score (nSPS) is 18.9. The van der Waals surface area contributed by atoms with Gasteiger partial charge >= 0.3 is 6.09 Å². The SMILES string of the molecule is CC(C)(C)OC(=O)NC1(c2ccc3cc(O)ccc3c2)COC(C)(C)OC1. The number of fused-ring (bicyclic) bond motifs is 1. The number of phenolic OH excluding ortho intramolecular Hbond substituents is 1. The van der Waals surface area contributed by atoms with Crippen LogP contribution in [0, 0.1) is 0 Å². The lowest BCUT2D eigenvalue weighted by Gasteiger charge is -2.44. The molecule has 1 heterocycles. The summed E-state index contributed by atoms with van der Waals surface area (Å²) >= 11 is 0. The van der Waals surface area contributed by atoms with Crippen LogP contribution in [-0.4, -0.2) is 35.8 Å². The number of benzene rings is 2. The van der Waals surface area contributed by atoms with Gasteiger partial charge in [0.1, 0.15) is 16.9 Å². The fraction of sp³-hybridized carbons (Fsp3) is 0.476. The maximum absolute atomic E-state index is 12.5. The highest BCUT2D eigenvalue weighted by Crippen LogP contribution is 2.34. The molecule has 1 saturated heterocycles. The second-order valence-corrected chi connectivity index (χ2v) is 8.43. The first-order valence-corrected chi connectivity index (χ1v) is 9.00. The van der Waals surface area contributed by atoms with E-state index in [1.54, 1.807) is 12.1 Å². The average molecular weight is 373 g/mol. The number of hydrogen-bond acceptors (Lipinski definition) is 5. The van der Waals surface area contributed by atoms with Gasteiger partial charge in [-0.05, 0) is 69.2 Å². The van der Waals surface area contributed by atoms with Crippen molar-refractivity contribution in [3.63, 3.8) is 0 Å². The van der Waals surface area contributed by atoms with E-state index in [1.165, 1.54) is 0 Å². The van der Waals surface area contributed by atoms with Gasteiger partial charge in [-0.25, -0.2) is 4.79 Å². The Morgan fingerprint density at radius 2 is 1.67 bits per heavy atom. The molecule has 0 unspecified atom stereocenters. The standard InChI is InChI=1S/C21H27NO5/c1-19(2,3)27-18(24)22-21(12-25-20(4,5)26-13-21)16-8-6-15-11-17(23)9-7-14(15)10-16/h6-11,23H,12-13H2,1-5H3,(H,22,24). The van der Waals surface area contributed by atoms with Crippen LogP contribution in [0.4, 0.5) is 4.79 Å².